The third kappa shape index (κ3) is 4.62. The lowest BCUT2D eigenvalue weighted by molar-refractivity contribution is 0.411. The Bertz CT molecular complexity index is 1750. The predicted octanol–water partition coefficient (Wildman–Crippen LogP) is 10.8. The van der Waals surface area contributed by atoms with E-state index >= 15 is 0 Å². The molecule has 4 aromatic carbocycles. The normalized spacial score (nSPS) is 14.2. The molecule has 1 aliphatic rings. The van der Waals surface area contributed by atoms with Crippen LogP contribution < -0.4 is 0 Å². The second kappa shape index (κ2) is 9.72. The van der Waals surface area contributed by atoms with Crippen LogP contribution in [0.3, 0.4) is 0 Å². The monoisotopic (exact) mass is 540 g/mol. The van der Waals surface area contributed by atoms with Crippen molar-refractivity contribution in [1.29, 1.82) is 0 Å². The summed E-state index contributed by atoms with van der Waals surface area (Å²) in [5.74, 6) is 1.80. The van der Waals surface area contributed by atoms with E-state index in [2.05, 4.69) is 146 Å². The van der Waals surface area contributed by atoms with Crippen LogP contribution >= 0.6 is 0 Å². The Labute approximate surface area is 246 Å². The molecule has 41 heavy (non-hydrogen) atoms. The third-order valence-corrected chi connectivity index (χ3v) is 8.86. The first kappa shape index (κ1) is 27.5. The van der Waals surface area contributed by atoms with Gasteiger partial charge in [-0.15, -0.1) is 0 Å². The molecule has 1 aromatic heterocycles. The van der Waals surface area contributed by atoms with Crippen LogP contribution in [0.15, 0.2) is 78.9 Å². The molecule has 1 aliphatic carbocycles. The Balaban J connectivity index is 1.62. The minimum atomic E-state index is -0.0291. The van der Waals surface area contributed by atoms with E-state index in [-0.39, 0.29) is 10.8 Å². The van der Waals surface area contributed by atoms with Gasteiger partial charge in [0.05, 0.1) is 16.7 Å². The van der Waals surface area contributed by atoms with Gasteiger partial charge in [-0.25, -0.2) is 4.98 Å². The molecule has 0 bridgehead atoms. The summed E-state index contributed by atoms with van der Waals surface area (Å²) in [7, 11) is 0. The number of imidazole rings is 1. The highest BCUT2D eigenvalue weighted by molar-refractivity contribution is 5.88. The molecule has 0 aliphatic heterocycles. The number of hydrogen-bond acceptors (Lipinski definition) is 1. The SMILES string of the molecule is CC(C)c1cccc(C(C)C)c1-n1c(-c2ccc3c(c2)-c2cc(CC(C)(C)C)ccc2C3(C)C)nc2ccccc21. The maximum Gasteiger partial charge on any atom is 0.145 e. The standard InChI is InChI=1S/C39H44N2/c1-24(2)28-13-12-14-29(25(3)4)36(28)41-35-16-11-10-15-34(35)40-37(41)27-18-20-33-31(22-27)30-21-26(23-38(5,6)7)17-19-32(30)39(33,8)9/h10-22,24-25H,23H2,1-9H3. The van der Waals surface area contributed by atoms with Crippen LogP contribution in [0, 0.1) is 5.41 Å². The zero-order valence-corrected chi connectivity index (χ0v) is 26.3. The van der Waals surface area contributed by atoms with Crippen LogP contribution in [0.25, 0.3) is 39.2 Å². The summed E-state index contributed by atoms with van der Waals surface area (Å²) >= 11 is 0. The smallest absolute Gasteiger partial charge is 0.145 e. The fourth-order valence-corrected chi connectivity index (χ4v) is 6.89. The van der Waals surface area contributed by atoms with Crippen LogP contribution in [-0.4, -0.2) is 9.55 Å². The van der Waals surface area contributed by atoms with Crippen molar-refractivity contribution in [3.8, 4) is 28.2 Å². The van der Waals surface area contributed by atoms with Crippen molar-refractivity contribution in [1.82, 2.24) is 9.55 Å². The first-order valence-corrected chi connectivity index (χ1v) is 15.3. The van der Waals surface area contributed by atoms with E-state index in [1.165, 1.54) is 44.6 Å². The molecule has 0 N–H and O–H groups in total. The number of benzene rings is 4. The molecule has 0 saturated carbocycles. The van der Waals surface area contributed by atoms with Crippen molar-refractivity contribution >= 4 is 11.0 Å². The highest BCUT2D eigenvalue weighted by Crippen LogP contribution is 2.50. The topological polar surface area (TPSA) is 17.8 Å². The Morgan fingerprint density at radius 3 is 1.98 bits per heavy atom. The number of hydrogen-bond donors (Lipinski definition) is 0. The van der Waals surface area contributed by atoms with Crippen molar-refractivity contribution in [3.05, 3.63) is 107 Å². The molecule has 2 heteroatoms. The second-order valence-electron chi connectivity index (χ2n) is 14.4. The lowest BCUT2D eigenvalue weighted by Crippen LogP contribution is -2.15. The summed E-state index contributed by atoms with van der Waals surface area (Å²) in [6.45, 7) is 20.9. The van der Waals surface area contributed by atoms with Gasteiger partial charge in [-0.2, -0.15) is 0 Å². The van der Waals surface area contributed by atoms with E-state index in [9.17, 15) is 0 Å². The lowest BCUT2D eigenvalue weighted by Gasteiger charge is -2.23. The molecule has 1 heterocycles. The zero-order valence-electron chi connectivity index (χ0n) is 26.3. The molecule has 0 amide bonds. The van der Waals surface area contributed by atoms with Crippen molar-refractivity contribution in [2.75, 3.05) is 0 Å². The summed E-state index contributed by atoms with van der Waals surface area (Å²) in [6, 6.07) is 29.6. The Morgan fingerprint density at radius 2 is 1.34 bits per heavy atom. The average molecular weight is 541 g/mol. The van der Waals surface area contributed by atoms with Crippen molar-refractivity contribution in [2.24, 2.45) is 5.41 Å². The maximum atomic E-state index is 5.31. The summed E-state index contributed by atoms with van der Waals surface area (Å²) < 4.78 is 2.44. The summed E-state index contributed by atoms with van der Waals surface area (Å²) in [5.41, 5.74) is 14.5. The number of para-hydroxylation sites is 3. The van der Waals surface area contributed by atoms with Gasteiger partial charge in [0.2, 0.25) is 0 Å². The van der Waals surface area contributed by atoms with E-state index < -0.39 is 0 Å². The van der Waals surface area contributed by atoms with Crippen molar-refractivity contribution in [3.63, 3.8) is 0 Å². The van der Waals surface area contributed by atoms with Gasteiger partial charge < -0.3 is 0 Å². The molecule has 0 saturated heterocycles. The number of nitrogens with zero attached hydrogens (tertiary/aromatic N) is 2. The molecule has 6 rings (SSSR count). The molecule has 0 radical (unpaired) electrons. The second-order valence-corrected chi connectivity index (χ2v) is 14.4. The van der Waals surface area contributed by atoms with Gasteiger partial charge in [-0.05, 0) is 80.8 Å². The van der Waals surface area contributed by atoms with Crippen molar-refractivity contribution in [2.45, 2.75) is 86.0 Å². The maximum absolute atomic E-state index is 5.31. The third-order valence-electron chi connectivity index (χ3n) is 8.86. The number of aromatic nitrogens is 2. The van der Waals surface area contributed by atoms with E-state index in [1.807, 2.05) is 0 Å². The van der Waals surface area contributed by atoms with Gasteiger partial charge in [0, 0.05) is 11.0 Å². The fourth-order valence-electron chi connectivity index (χ4n) is 6.89. The van der Waals surface area contributed by atoms with E-state index in [4.69, 9.17) is 4.98 Å². The quantitative estimate of drug-likeness (QED) is 0.217. The number of fused-ring (bicyclic) bond motifs is 4. The van der Waals surface area contributed by atoms with E-state index in [0.29, 0.717) is 11.8 Å². The van der Waals surface area contributed by atoms with Gasteiger partial charge in [-0.3, -0.25) is 4.57 Å². The Morgan fingerprint density at radius 1 is 0.732 bits per heavy atom. The molecule has 2 nitrogen and oxygen atoms in total. The molecule has 210 valence electrons. The van der Waals surface area contributed by atoms with E-state index in [1.54, 1.807) is 0 Å². The summed E-state index contributed by atoms with van der Waals surface area (Å²) in [6.07, 6.45) is 1.06. The Kier molecular flexibility index (Phi) is 6.53. The average Bonchev–Trinajstić information content (AvgIpc) is 3.40. The minimum absolute atomic E-state index is 0.0291. The first-order chi connectivity index (χ1) is 19.4. The number of rotatable bonds is 5. The largest absolute Gasteiger partial charge is 0.292 e. The molecular weight excluding hydrogens is 496 g/mol. The molecule has 0 fully saturated rings. The molecule has 0 spiro atoms. The predicted molar refractivity (Wildman–Crippen MR) is 175 cm³/mol. The van der Waals surface area contributed by atoms with Crippen LogP contribution in [0.1, 0.15) is 102 Å². The Hall–Kier alpha value is -3.65. The first-order valence-electron chi connectivity index (χ1n) is 15.3. The molecule has 5 aromatic rings. The van der Waals surface area contributed by atoms with Gasteiger partial charge in [0.15, 0.2) is 0 Å². The van der Waals surface area contributed by atoms with Gasteiger partial charge >= 0.3 is 0 Å². The van der Waals surface area contributed by atoms with Gasteiger partial charge in [0.1, 0.15) is 5.82 Å². The zero-order chi connectivity index (χ0) is 29.3. The fraction of sp³-hybridized carbons (Fsp3) is 0.359. The van der Waals surface area contributed by atoms with E-state index in [0.717, 1.165) is 28.8 Å². The molecule has 0 unspecified atom stereocenters. The van der Waals surface area contributed by atoms with Crippen LogP contribution in [0.4, 0.5) is 0 Å². The van der Waals surface area contributed by atoms with Crippen LogP contribution in [-0.2, 0) is 11.8 Å². The minimum Gasteiger partial charge on any atom is -0.292 e. The van der Waals surface area contributed by atoms with Crippen molar-refractivity contribution < 1.29 is 0 Å². The summed E-state index contributed by atoms with van der Waals surface area (Å²) in [5, 5.41) is 0. The van der Waals surface area contributed by atoms with Gasteiger partial charge in [0.25, 0.3) is 0 Å². The molecular formula is C39H44N2. The highest BCUT2D eigenvalue weighted by Gasteiger charge is 2.36. The van der Waals surface area contributed by atoms with Crippen LogP contribution in [0.5, 0.6) is 0 Å². The highest BCUT2D eigenvalue weighted by atomic mass is 15.1. The summed E-state index contributed by atoms with van der Waals surface area (Å²) in [4.78, 5) is 5.31. The molecule has 0 atom stereocenters. The van der Waals surface area contributed by atoms with Crippen LogP contribution in [0.2, 0.25) is 0 Å². The lowest BCUT2D eigenvalue weighted by atomic mass is 9.81. The van der Waals surface area contributed by atoms with Gasteiger partial charge in [-0.1, -0.05) is 123 Å².